The van der Waals surface area contributed by atoms with E-state index in [9.17, 15) is 0 Å². The molecule has 2 rings (SSSR count). The SMILES string of the molecule is Cc1ncc2cc(CO)ccc2n1. The molecule has 0 fully saturated rings. The van der Waals surface area contributed by atoms with E-state index in [0.717, 1.165) is 22.3 Å². The van der Waals surface area contributed by atoms with Crippen LogP contribution in [-0.2, 0) is 6.61 Å². The smallest absolute Gasteiger partial charge is 0.125 e. The normalized spacial score (nSPS) is 10.6. The van der Waals surface area contributed by atoms with E-state index in [2.05, 4.69) is 9.97 Å². The van der Waals surface area contributed by atoms with Crippen LogP contribution >= 0.6 is 0 Å². The van der Waals surface area contributed by atoms with Crippen LogP contribution in [0.1, 0.15) is 11.4 Å². The van der Waals surface area contributed by atoms with Crippen LogP contribution in [0.15, 0.2) is 24.4 Å². The third kappa shape index (κ3) is 1.51. The highest BCUT2D eigenvalue weighted by Crippen LogP contribution is 2.12. The molecule has 0 aliphatic carbocycles. The highest BCUT2D eigenvalue weighted by molar-refractivity contribution is 5.78. The summed E-state index contributed by atoms with van der Waals surface area (Å²) >= 11 is 0. The fraction of sp³-hybridized carbons (Fsp3) is 0.200. The quantitative estimate of drug-likeness (QED) is 0.711. The molecule has 2 aromatic rings. The Morgan fingerprint density at radius 3 is 3.00 bits per heavy atom. The van der Waals surface area contributed by atoms with Crippen LogP contribution in [-0.4, -0.2) is 15.1 Å². The van der Waals surface area contributed by atoms with E-state index in [4.69, 9.17) is 5.11 Å². The van der Waals surface area contributed by atoms with Gasteiger partial charge in [0.15, 0.2) is 0 Å². The summed E-state index contributed by atoms with van der Waals surface area (Å²) in [6.45, 7) is 1.92. The van der Waals surface area contributed by atoms with Gasteiger partial charge < -0.3 is 5.11 Å². The van der Waals surface area contributed by atoms with E-state index in [-0.39, 0.29) is 6.61 Å². The van der Waals surface area contributed by atoms with Crippen LogP contribution < -0.4 is 0 Å². The topological polar surface area (TPSA) is 46.0 Å². The van der Waals surface area contributed by atoms with Gasteiger partial charge in [-0.3, -0.25) is 0 Å². The van der Waals surface area contributed by atoms with E-state index in [1.165, 1.54) is 0 Å². The molecule has 0 saturated heterocycles. The minimum Gasteiger partial charge on any atom is -0.392 e. The predicted octanol–water partition coefficient (Wildman–Crippen LogP) is 1.43. The van der Waals surface area contributed by atoms with Crippen LogP contribution in [0, 0.1) is 6.92 Å². The number of nitrogens with zero attached hydrogens (tertiary/aromatic N) is 2. The lowest BCUT2D eigenvalue weighted by Gasteiger charge is -2.00. The van der Waals surface area contributed by atoms with Gasteiger partial charge in [0.2, 0.25) is 0 Å². The summed E-state index contributed by atoms with van der Waals surface area (Å²) < 4.78 is 0. The van der Waals surface area contributed by atoms with Gasteiger partial charge in [0, 0.05) is 11.6 Å². The van der Waals surface area contributed by atoms with Gasteiger partial charge in [-0.15, -0.1) is 0 Å². The van der Waals surface area contributed by atoms with E-state index < -0.39 is 0 Å². The summed E-state index contributed by atoms with van der Waals surface area (Å²) in [5.41, 5.74) is 1.81. The largest absolute Gasteiger partial charge is 0.392 e. The van der Waals surface area contributed by atoms with Crippen LogP contribution in [0.5, 0.6) is 0 Å². The molecule has 1 N–H and O–H groups in total. The summed E-state index contributed by atoms with van der Waals surface area (Å²) in [4.78, 5) is 8.35. The highest BCUT2D eigenvalue weighted by atomic mass is 16.3. The van der Waals surface area contributed by atoms with Crippen molar-refractivity contribution in [2.45, 2.75) is 13.5 Å². The number of hydrogen-bond donors (Lipinski definition) is 1. The van der Waals surface area contributed by atoms with Crippen molar-refractivity contribution in [1.29, 1.82) is 0 Å². The standard InChI is InChI=1S/C10H10N2O/c1-7-11-5-9-4-8(6-13)2-3-10(9)12-7/h2-5,13H,6H2,1H3. The molecule has 1 aromatic heterocycles. The molecule has 0 spiro atoms. The number of aromatic nitrogens is 2. The lowest BCUT2D eigenvalue weighted by Crippen LogP contribution is -1.89. The Labute approximate surface area is 76.1 Å². The van der Waals surface area contributed by atoms with Gasteiger partial charge in [0.05, 0.1) is 12.1 Å². The summed E-state index contributed by atoms with van der Waals surface area (Å²) in [7, 11) is 0. The maximum Gasteiger partial charge on any atom is 0.125 e. The van der Waals surface area contributed by atoms with E-state index in [0.29, 0.717) is 0 Å². The maximum absolute atomic E-state index is 8.91. The van der Waals surface area contributed by atoms with Crippen molar-refractivity contribution in [3.8, 4) is 0 Å². The molecule has 0 aliphatic heterocycles. The second-order valence-corrected chi connectivity index (χ2v) is 2.97. The second kappa shape index (κ2) is 3.11. The molecule has 3 nitrogen and oxygen atoms in total. The van der Waals surface area contributed by atoms with Gasteiger partial charge in [-0.05, 0) is 24.6 Å². The maximum atomic E-state index is 8.91. The summed E-state index contributed by atoms with van der Waals surface area (Å²) in [5, 5.41) is 9.88. The van der Waals surface area contributed by atoms with Gasteiger partial charge in [-0.2, -0.15) is 0 Å². The first-order valence-electron chi connectivity index (χ1n) is 4.13. The monoisotopic (exact) mass is 174 g/mol. The number of aliphatic hydroxyl groups excluding tert-OH is 1. The van der Waals surface area contributed by atoms with Crippen LogP contribution in [0.2, 0.25) is 0 Å². The Hall–Kier alpha value is -1.48. The molecule has 0 unspecified atom stereocenters. The number of hydrogen-bond acceptors (Lipinski definition) is 3. The summed E-state index contributed by atoms with van der Waals surface area (Å²) in [6.07, 6.45) is 1.77. The molecule has 66 valence electrons. The summed E-state index contributed by atoms with van der Waals surface area (Å²) in [6, 6.07) is 5.67. The van der Waals surface area contributed by atoms with Gasteiger partial charge in [0.25, 0.3) is 0 Å². The molecule has 0 bridgehead atoms. The minimum absolute atomic E-state index is 0.0593. The van der Waals surface area contributed by atoms with E-state index in [1.807, 2.05) is 25.1 Å². The molecule has 1 aromatic carbocycles. The van der Waals surface area contributed by atoms with Crippen molar-refractivity contribution in [2.24, 2.45) is 0 Å². The third-order valence-corrected chi connectivity index (χ3v) is 1.95. The molecule has 13 heavy (non-hydrogen) atoms. The molecular formula is C10H10N2O. The molecule has 0 radical (unpaired) electrons. The van der Waals surface area contributed by atoms with Crippen molar-refractivity contribution < 1.29 is 5.11 Å². The molecule has 0 amide bonds. The zero-order valence-electron chi connectivity index (χ0n) is 7.36. The third-order valence-electron chi connectivity index (χ3n) is 1.95. The number of aliphatic hydroxyl groups is 1. The van der Waals surface area contributed by atoms with Crippen molar-refractivity contribution in [2.75, 3.05) is 0 Å². The lowest BCUT2D eigenvalue weighted by molar-refractivity contribution is 0.282. The molecule has 0 saturated carbocycles. The molecule has 3 heteroatoms. The molecule has 0 atom stereocenters. The second-order valence-electron chi connectivity index (χ2n) is 2.97. The van der Waals surface area contributed by atoms with E-state index in [1.54, 1.807) is 6.20 Å². The highest BCUT2D eigenvalue weighted by Gasteiger charge is 1.97. The van der Waals surface area contributed by atoms with E-state index >= 15 is 0 Å². The summed E-state index contributed by atoms with van der Waals surface area (Å²) in [5.74, 6) is 0.768. The number of rotatable bonds is 1. The number of aryl methyl sites for hydroxylation is 1. The van der Waals surface area contributed by atoms with Gasteiger partial charge in [-0.25, -0.2) is 9.97 Å². The molecule has 0 aliphatic rings. The van der Waals surface area contributed by atoms with Crippen molar-refractivity contribution in [1.82, 2.24) is 9.97 Å². The predicted molar refractivity (Wildman–Crippen MR) is 50.2 cm³/mol. The van der Waals surface area contributed by atoms with Crippen LogP contribution in [0.4, 0.5) is 0 Å². The average molecular weight is 174 g/mol. The molecular weight excluding hydrogens is 164 g/mol. The van der Waals surface area contributed by atoms with Gasteiger partial charge >= 0.3 is 0 Å². The average Bonchev–Trinajstić information content (AvgIpc) is 2.17. The Bertz CT molecular complexity index is 440. The zero-order chi connectivity index (χ0) is 9.26. The minimum atomic E-state index is 0.0593. The van der Waals surface area contributed by atoms with Crippen LogP contribution in [0.3, 0.4) is 0 Å². The van der Waals surface area contributed by atoms with Crippen LogP contribution in [0.25, 0.3) is 10.9 Å². The zero-order valence-corrected chi connectivity index (χ0v) is 7.36. The lowest BCUT2D eigenvalue weighted by atomic mass is 10.1. The Morgan fingerprint density at radius 2 is 2.23 bits per heavy atom. The Balaban J connectivity index is 2.66. The fourth-order valence-corrected chi connectivity index (χ4v) is 1.27. The fourth-order valence-electron chi connectivity index (χ4n) is 1.27. The van der Waals surface area contributed by atoms with Gasteiger partial charge in [0.1, 0.15) is 5.82 Å². The van der Waals surface area contributed by atoms with Crippen molar-refractivity contribution >= 4 is 10.9 Å². The van der Waals surface area contributed by atoms with Gasteiger partial charge in [-0.1, -0.05) is 6.07 Å². The first-order valence-corrected chi connectivity index (χ1v) is 4.13. The number of benzene rings is 1. The first kappa shape index (κ1) is 8.13. The van der Waals surface area contributed by atoms with Crippen molar-refractivity contribution in [3.63, 3.8) is 0 Å². The Kier molecular flexibility index (Phi) is 1.94. The Morgan fingerprint density at radius 1 is 1.38 bits per heavy atom. The first-order chi connectivity index (χ1) is 6.29. The number of fused-ring (bicyclic) bond motifs is 1. The van der Waals surface area contributed by atoms with Crippen molar-refractivity contribution in [3.05, 3.63) is 35.8 Å². The molecule has 1 heterocycles.